The topological polar surface area (TPSA) is 39.1 Å². The fraction of sp³-hybridized carbons (Fsp3) is 0.769. The molecule has 17 heavy (non-hydrogen) atoms. The van der Waals surface area contributed by atoms with E-state index >= 15 is 0 Å². The number of hydrogen-bond acceptors (Lipinski definition) is 3. The van der Waals surface area contributed by atoms with Crippen molar-refractivity contribution in [3.63, 3.8) is 0 Å². The smallest absolute Gasteiger partial charge is 0.0634 e. The minimum absolute atomic E-state index is 0.0588. The van der Waals surface area contributed by atoms with Crippen LogP contribution in [0.25, 0.3) is 0 Å². The number of hydrogen-bond donors (Lipinski definition) is 1. The van der Waals surface area contributed by atoms with Gasteiger partial charge in [-0.1, -0.05) is 0 Å². The van der Waals surface area contributed by atoms with Crippen LogP contribution in [0.15, 0.2) is 6.20 Å². The number of ether oxygens (including phenoxy) is 1. The third kappa shape index (κ3) is 3.82. The number of rotatable bonds is 6. The monoisotopic (exact) mass is 239 g/mol. The number of nitrogens with one attached hydrogen (secondary N) is 1. The lowest BCUT2D eigenvalue weighted by molar-refractivity contribution is 0.0154. The minimum Gasteiger partial charge on any atom is -0.379 e. The predicted molar refractivity (Wildman–Crippen MR) is 70.1 cm³/mol. The molecule has 1 atom stereocenters. The van der Waals surface area contributed by atoms with Gasteiger partial charge in [-0.3, -0.25) is 4.68 Å². The van der Waals surface area contributed by atoms with Crippen LogP contribution in [-0.2, 0) is 11.8 Å². The normalized spacial score (nSPS) is 14.0. The van der Waals surface area contributed by atoms with Crippen LogP contribution in [0.4, 0.5) is 0 Å². The van der Waals surface area contributed by atoms with Crippen LogP contribution in [0.5, 0.6) is 0 Å². The lowest BCUT2D eigenvalue weighted by Crippen LogP contribution is -2.30. The van der Waals surface area contributed by atoms with Crippen LogP contribution in [0, 0.1) is 6.92 Å². The largest absolute Gasteiger partial charge is 0.379 e. The van der Waals surface area contributed by atoms with Gasteiger partial charge in [-0.15, -0.1) is 0 Å². The Morgan fingerprint density at radius 3 is 2.65 bits per heavy atom. The second-order valence-corrected chi connectivity index (χ2v) is 5.20. The molecule has 0 aliphatic rings. The van der Waals surface area contributed by atoms with Crippen molar-refractivity contribution in [3.05, 3.63) is 17.5 Å². The first-order valence-corrected chi connectivity index (χ1v) is 6.14. The summed E-state index contributed by atoms with van der Waals surface area (Å²) in [5, 5.41) is 7.77. The summed E-state index contributed by atoms with van der Waals surface area (Å²) in [5.41, 5.74) is 2.43. The van der Waals surface area contributed by atoms with Crippen molar-refractivity contribution in [2.45, 2.75) is 45.8 Å². The molecule has 0 amide bonds. The molecule has 98 valence electrons. The molecule has 0 aromatic carbocycles. The highest BCUT2D eigenvalue weighted by Crippen LogP contribution is 2.17. The molecule has 0 aliphatic heterocycles. The van der Waals surface area contributed by atoms with Gasteiger partial charge in [-0.2, -0.15) is 5.10 Å². The van der Waals surface area contributed by atoms with Gasteiger partial charge in [0.15, 0.2) is 0 Å². The third-order valence-electron chi connectivity index (χ3n) is 3.47. The Hall–Kier alpha value is -0.870. The van der Waals surface area contributed by atoms with E-state index in [4.69, 9.17) is 4.74 Å². The Kier molecular flexibility index (Phi) is 4.71. The van der Waals surface area contributed by atoms with E-state index in [-0.39, 0.29) is 5.60 Å². The van der Waals surface area contributed by atoms with E-state index in [1.165, 1.54) is 11.3 Å². The molecule has 4 heteroatoms. The molecule has 1 rings (SSSR count). The summed E-state index contributed by atoms with van der Waals surface area (Å²) in [6, 6.07) is 0.330. The number of nitrogens with zero attached hydrogens (tertiary/aromatic N) is 2. The van der Waals surface area contributed by atoms with E-state index in [0.717, 1.165) is 13.0 Å². The molecule has 0 aliphatic carbocycles. The molecule has 1 N–H and O–H groups in total. The predicted octanol–water partition coefficient (Wildman–Crippen LogP) is 2.19. The molecular formula is C13H25N3O. The van der Waals surface area contributed by atoms with E-state index in [1.807, 2.05) is 17.9 Å². The van der Waals surface area contributed by atoms with Crippen molar-refractivity contribution in [2.24, 2.45) is 7.05 Å². The molecule has 0 spiro atoms. The number of methoxy groups -OCH3 is 1. The molecule has 1 aromatic rings. The van der Waals surface area contributed by atoms with Gasteiger partial charge in [0, 0.05) is 31.5 Å². The summed E-state index contributed by atoms with van der Waals surface area (Å²) in [5.74, 6) is 0. The van der Waals surface area contributed by atoms with Crippen molar-refractivity contribution < 1.29 is 4.74 Å². The molecule has 1 unspecified atom stereocenters. The summed E-state index contributed by atoms with van der Waals surface area (Å²) in [6.07, 6.45) is 2.93. The average molecular weight is 239 g/mol. The average Bonchev–Trinajstić information content (AvgIpc) is 2.59. The molecule has 0 fully saturated rings. The van der Waals surface area contributed by atoms with Crippen molar-refractivity contribution in [3.8, 4) is 0 Å². The zero-order valence-corrected chi connectivity index (χ0v) is 11.9. The zero-order chi connectivity index (χ0) is 13.1. The van der Waals surface area contributed by atoms with Gasteiger partial charge in [0.05, 0.1) is 11.8 Å². The molecule has 4 nitrogen and oxygen atoms in total. The summed E-state index contributed by atoms with van der Waals surface area (Å²) >= 11 is 0. The summed E-state index contributed by atoms with van der Waals surface area (Å²) in [4.78, 5) is 0. The Balaban J connectivity index is 2.45. The molecule has 0 saturated carbocycles. The van der Waals surface area contributed by atoms with Gasteiger partial charge in [-0.25, -0.2) is 0 Å². The zero-order valence-electron chi connectivity index (χ0n) is 11.9. The van der Waals surface area contributed by atoms with Gasteiger partial charge in [0.1, 0.15) is 0 Å². The minimum atomic E-state index is -0.0588. The van der Waals surface area contributed by atoms with E-state index in [0.29, 0.717) is 6.04 Å². The van der Waals surface area contributed by atoms with E-state index in [2.05, 4.69) is 38.1 Å². The maximum atomic E-state index is 5.40. The Labute approximate surface area is 104 Å². The third-order valence-corrected chi connectivity index (χ3v) is 3.47. The van der Waals surface area contributed by atoms with E-state index < -0.39 is 0 Å². The van der Waals surface area contributed by atoms with Crippen molar-refractivity contribution >= 4 is 0 Å². The highest BCUT2D eigenvalue weighted by Gasteiger charge is 2.17. The first-order chi connectivity index (χ1) is 7.87. The quantitative estimate of drug-likeness (QED) is 0.827. The molecule has 0 radical (unpaired) electrons. The highest BCUT2D eigenvalue weighted by atomic mass is 16.5. The second kappa shape index (κ2) is 5.65. The lowest BCUT2D eigenvalue weighted by Gasteiger charge is -2.24. The maximum absolute atomic E-state index is 5.40. The van der Waals surface area contributed by atoms with Gasteiger partial charge in [-0.05, 0) is 40.7 Å². The summed E-state index contributed by atoms with van der Waals surface area (Å²) in [6.45, 7) is 9.42. The van der Waals surface area contributed by atoms with Crippen molar-refractivity contribution in [2.75, 3.05) is 13.7 Å². The van der Waals surface area contributed by atoms with Crippen LogP contribution in [0.2, 0.25) is 0 Å². The Morgan fingerprint density at radius 1 is 1.53 bits per heavy atom. The molecular weight excluding hydrogens is 214 g/mol. The SMILES string of the molecule is COC(C)(C)CCNC(C)c1cnn(C)c1C. The molecule has 0 saturated heterocycles. The van der Waals surface area contributed by atoms with Crippen LogP contribution in [-0.4, -0.2) is 29.0 Å². The standard InChI is InChI=1S/C13H25N3O/c1-10(12-9-15-16(5)11(12)2)14-8-7-13(3,4)17-6/h9-10,14H,7-8H2,1-6H3. The van der Waals surface area contributed by atoms with E-state index in [9.17, 15) is 0 Å². The number of aromatic nitrogens is 2. The van der Waals surface area contributed by atoms with Crippen LogP contribution >= 0.6 is 0 Å². The van der Waals surface area contributed by atoms with Gasteiger partial charge >= 0.3 is 0 Å². The molecule has 0 bridgehead atoms. The van der Waals surface area contributed by atoms with Crippen molar-refractivity contribution in [1.29, 1.82) is 0 Å². The first kappa shape index (κ1) is 14.2. The molecule has 1 heterocycles. The summed E-state index contributed by atoms with van der Waals surface area (Å²) < 4.78 is 7.31. The van der Waals surface area contributed by atoms with Gasteiger partial charge in [0.2, 0.25) is 0 Å². The van der Waals surface area contributed by atoms with E-state index in [1.54, 1.807) is 7.11 Å². The van der Waals surface area contributed by atoms with Gasteiger partial charge in [0.25, 0.3) is 0 Å². The van der Waals surface area contributed by atoms with Gasteiger partial charge < -0.3 is 10.1 Å². The number of aryl methyl sites for hydroxylation is 1. The van der Waals surface area contributed by atoms with Crippen LogP contribution in [0.1, 0.15) is 44.5 Å². The maximum Gasteiger partial charge on any atom is 0.0634 e. The lowest BCUT2D eigenvalue weighted by atomic mass is 10.0. The molecule has 1 aromatic heterocycles. The fourth-order valence-electron chi connectivity index (χ4n) is 1.74. The van der Waals surface area contributed by atoms with Crippen LogP contribution < -0.4 is 5.32 Å². The first-order valence-electron chi connectivity index (χ1n) is 6.14. The highest BCUT2D eigenvalue weighted by molar-refractivity contribution is 5.19. The Morgan fingerprint density at radius 2 is 2.18 bits per heavy atom. The Bertz CT molecular complexity index is 358. The second-order valence-electron chi connectivity index (χ2n) is 5.20. The fourth-order valence-corrected chi connectivity index (χ4v) is 1.74. The van der Waals surface area contributed by atoms with Crippen molar-refractivity contribution in [1.82, 2.24) is 15.1 Å². The summed E-state index contributed by atoms with van der Waals surface area (Å²) in [7, 11) is 3.73. The van der Waals surface area contributed by atoms with Crippen LogP contribution in [0.3, 0.4) is 0 Å².